The van der Waals surface area contributed by atoms with Crippen molar-refractivity contribution in [2.24, 2.45) is 0 Å². The fraction of sp³-hybridized carbons (Fsp3) is 0.333. The second-order valence-electron chi connectivity index (χ2n) is 6.47. The Hall–Kier alpha value is -2.53. The van der Waals surface area contributed by atoms with Gasteiger partial charge in [-0.05, 0) is 6.07 Å². The van der Waals surface area contributed by atoms with Crippen LogP contribution in [0.15, 0.2) is 42.6 Å². The molecular weight excluding hydrogens is 379 g/mol. The smallest absolute Gasteiger partial charge is 0.394 e. The zero-order chi connectivity index (χ0) is 20.1. The molecule has 7 nitrogen and oxygen atoms in total. The molecule has 0 radical (unpaired) electrons. The lowest BCUT2D eigenvalue weighted by molar-refractivity contribution is -0.136. The third kappa shape index (κ3) is 3.04. The van der Waals surface area contributed by atoms with Gasteiger partial charge in [0.15, 0.2) is 11.9 Å². The highest BCUT2D eigenvalue weighted by Crippen LogP contribution is 2.38. The molecule has 1 saturated heterocycles. The van der Waals surface area contributed by atoms with Crippen LogP contribution in [-0.2, 0) is 10.9 Å². The lowest BCUT2D eigenvalue weighted by atomic mass is 10.1. The van der Waals surface area contributed by atoms with Gasteiger partial charge in [0.25, 0.3) is 0 Å². The monoisotopic (exact) mass is 395 g/mol. The first-order valence-corrected chi connectivity index (χ1v) is 8.44. The first-order valence-electron chi connectivity index (χ1n) is 8.44. The lowest BCUT2D eigenvalue weighted by Gasteiger charge is -2.17. The minimum absolute atomic E-state index is 0.0777. The van der Waals surface area contributed by atoms with Crippen LogP contribution in [0.2, 0.25) is 0 Å². The Morgan fingerprint density at radius 1 is 1.11 bits per heavy atom. The maximum absolute atomic E-state index is 13.6. The maximum Gasteiger partial charge on any atom is 0.417 e. The van der Waals surface area contributed by atoms with Crippen molar-refractivity contribution >= 4 is 11.0 Å². The normalized spacial score (nSPS) is 25.5. The first kappa shape index (κ1) is 18.8. The number of aromatic nitrogens is 3. The van der Waals surface area contributed by atoms with E-state index in [1.165, 1.54) is 0 Å². The molecule has 3 N–H and O–H groups in total. The van der Waals surface area contributed by atoms with Crippen LogP contribution in [0.1, 0.15) is 11.8 Å². The van der Waals surface area contributed by atoms with E-state index >= 15 is 0 Å². The number of hydrogen-bond donors (Lipinski definition) is 3. The zero-order valence-corrected chi connectivity index (χ0v) is 14.3. The Kier molecular flexibility index (Phi) is 4.58. The molecule has 1 fully saturated rings. The average molecular weight is 395 g/mol. The van der Waals surface area contributed by atoms with Crippen LogP contribution in [0.25, 0.3) is 22.3 Å². The minimum atomic E-state index is -4.65. The highest BCUT2D eigenvalue weighted by Gasteiger charge is 2.45. The molecule has 0 saturated carbocycles. The average Bonchev–Trinajstić information content (AvgIpc) is 3.22. The van der Waals surface area contributed by atoms with Gasteiger partial charge in [0.1, 0.15) is 18.3 Å². The molecule has 2 aromatic heterocycles. The van der Waals surface area contributed by atoms with Crippen molar-refractivity contribution in [3.05, 3.63) is 48.2 Å². The number of fused-ring (bicyclic) bond motifs is 1. The first-order chi connectivity index (χ1) is 13.3. The van der Waals surface area contributed by atoms with Crippen LogP contribution in [-0.4, -0.2) is 55.0 Å². The molecule has 4 atom stereocenters. The van der Waals surface area contributed by atoms with Crippen molar-refractivity contribution in [1.29, 1.82) is 0 Å². The number of alkyl halides is 3. The summed E-state index contributed by atoms with van der Waals surface area (Å²) in [4.78, 5) is 4.30. The number of aliphatic hydroxyl groups excluding tert-OH is 3. The summed E-state index contributed by atoms with van der Waals surface area (Å²) in [5, 5.41) is 33.0. The summed E-state index contributed by atoms with van der Waals surface area (Å²) < 4.78 is 47.3. The van der Waals surface area contributed by atoms with Crippen LogP contribution in [0, 0.1) is 0 Å². The molecule has 1 aromatic carbocycles. The van der Waals surface area contributed by atoms with Gasteiger partial charge < -0.3 is 20.1 Å². The largest absolute Gasteiger partial charge is 0.417 e. The number of hydrogen-bond acceptors (Lipinski definition) is 6. The Morgan fingerprint density at radius 3 is 2.43 bits per heavy atom. The number of benzene rings is 1. The van der Waals surface area contributed by atoms with Gasteiger partial charge in [-0.15, -0.1) is 0 Å². The third-order valence-corrected chi connectivity index (χ3v) is 4.70. The van der Waals surface area contributed by atoms with Crippen LogP contribution >= 0.6 is 0 Å². The predicted molar refractivity (Wildman–Crippen MR) is 91.0 cm³/mol. The number of halogens is 3. The van der Waals surface area contributed by atoms with Crippen molar-refractivity contribution < 1.29 is 33.2 Å². The molecule has 3 heterocycles. The van der Waals surface area contributed by atoms with Gasteiger partial charge in [0.2, 0.25) is 0 Å². The summed E-state index contributed by atoms with van der Waals surface area (Å²) in [6.45, 7) is -0.565. The number of pyridine rings is 1. The number of nitrogens with zero attached hydrogens (tertiary/aromatic N) is 3. The Morgan fingerprint density at radius 2 is 1.82 bits per heavy atom. The van der Waals surface area contributed by atoms with E-state index in [1.807, 2.05) is 0 Å². The van der Waals surface area contributed by atoms with E-state index in [9.17, 15) is 28.5 Å². The molecule has 28 heavy (non-hydrogen) atoms. The van der Waals surface area contributed by atoms with Crippen molar-refractivity contribution in [1.82, 2.24) is 14.8 Å². The summed E-state index contributed by atoms with van der Waals surface area (Å²) in [5.74, 6) is 0. The van der Waals surface area contributed by atoms with E-state index in [2.05, 4.69) is 10.1 Å². The molecule has 0 bridgehead atoms. The molecular formula is C18H16F3N3O4. The molecule has 0 aliphatic carbocycles. The second-order valence-corrected chi connectivity index (χ2v) is 6.47. The van der Waals surface area contributed by atoms with Crippen molar-refractivity contribution in [2.45, 2.75) is 30.7 Å². The van der Waals surface area contributed by atoms with E-state index in [0.717, 1.165) is 16.9 Å². The Labute approximate surface area is 156 Å². The number of ether oxygens (including phenoxy) is 1. The van der Waals surface area contributed by atoms with E-state index in [-0.39, 0.29) is 16.7 Å². The van der Waals surface area contributed by atoms with Crippen molar-refractivity contribution in [2.75, 3.05) is 6.61 Å². The topological polar surface area (TPSA) is 101 Å². The summed E-state index contributed by atoms with van der Waals surface area (Å²) in [7, 11) is 0. The van der Waals surface area contributed by atoms with Gasteiger partial charge in [0.05, 0.1) is 29.4 Å². The maximum atomic E-state index is 13.6. The highest BCUT2D eigenvalue weighted by molar-refractivity contribution is 5.83. The molecule has 1 aliphatic rings. The molecule has 3 aromatic rings. The second kappa shape index (κ2) is 6.82. The predicted octanol–water partition coefficient (Wildman–Crippen LogP) is 1.73. The fourth-order valence-corrected chi connectivity index (χ4v) is 3.28. The van der Waals surface area contributed by atoms with E-state index in [0.29, 0.717) is 5.56 Å². The number of aliphatic hydroxyl groups is 3. The molecule has 0 spiro atoms. The Bertz CT molecular complexity index is 993. The summed E-state index contributed by atoms with van der Waals surface area (Å²) in [6, 6.07) is 9.29. The zero-order valence-electron chi connectivity index (χ0n) is 14.3. The van der Waals surface area contributed by atoms with E-state index in [1.54, 1.807) is 30.3 Å². The van der Waals surface area contributed by atoms with Gasteiger partial charge in [-0.1, -0.05) is 30.3 Å². The van der Waals surface area contributed by atoms with Crippen LogP contribution in [0.4, 0.5) is 13.2 Å². The Balaban J connectivity index is 1.91. The quantitative estimate of drug-likeness (QED) is 0.625. The van der Waals surface area contributed by atoms with Crippen molar-refractivity contribution in [3.8, 4) is 11.3 Å². The van der Waals surface area contributed by atoms with Gasteiger partial charge in [-0.3, -0.25) is 0 Å². The molecule has 0 amide bonds. The van der Waals surface area contributed by atoms with Gasteiger partial charge in [-0.2, -0.15) is 18.3 Å². The van der Waals surface area contributed by atoms with Gasteiger partial charge in [-0.25, -0.2) is 9.67 Å². The highest BCUT2D eigenvalue weighted by atomic mass is 19.4. The standard InChI is InChI=1S/C18H16F3N3O4/c19-18(20,21)11-6-12(9-4-2-1-3-5-9)23-16-10(11)7-22-24(16)17-15(27)14(26)13(8-25)28-17/h1-7,13-15,17,25-27H,8H2/t13-,14-,15-,17-/m1/s1. The van der Waals surface area contributed by atoms with E-state index < -0.39 is 42.9 Å². The SMILES string of the molecule is OC[C@H]1O[C@@H](n2ncc3c(C(F)(F)F)cc(-c4ccccc4)nc32)[C@H](O)[C@@H]1O. The van der Waals surface area contributed by atoms with Crippen molar-refractivity contribution in [3.63, 3.8) is 0 Å². The van der Waals surface area contributed by atoms with E-state index in [4.69, 9.17) is 4.74 Å². The molecule has 4 rings (SSSR count). The summed E-state index contributed by atoms with van der Waals surface area (Å²) >= 11 is 0. The molecule has 0 unspecified atom stereocenters. The minimum Gasteiger partial charge on any atom is -0.394 e. The number of rotatable bonds is 3. The van der Waals surface area contributed by atoms with Crippen LogP contribution in [0.5, 0.6) is 0 Å². The van der Waals surface area contributed by atoms with Gasteiger partial charge in [0, 0.05) is 5.56 Å². The molecule has 148 valence electrons. The molecule has 10 heteroatoms. The summed E-state index contributed by atoms with van der Waals surface area (Å²) in [6.07, 6.45) is -8.93. The fourth-order valence-electron chi connectivity index (χ4n) is 3.28. The summed E-state index contributed by atoms with van der Waals surface area (Å²) in [5.41, 5.74) is -0.518. The lowest BCUT2D eigenvalue weighted by Crippen LogP contribution is -2.33. The molecule has 1 aliphatic heterocycles. The van der Waals surface area contributed by atoms with Crippen LogP contribution < -0.4 is 0 Å². The van der Waals surface area contributed by atoms with Gasteiger partial charge >= 0.3 is 6.18 Å². The van der Waals surface area contributed by atoms with Crippen LogP contribution in [0.3, 0.4) is 0 Å². The third-order valence-electron chi connectivity index (χ3n) is 4.70.